The molecule has 2 saturated carbocycles. The maximum Gasteiger partial charge on any atom is 0.152 e. The second-order valence-corrected chi connectivity index (χ2v) is 10.8. The molecule has 0 saturated heterocycles. The minimum absolute atomic E-state index is 0.515. The van der Waals surface area contributed by atoms with Crippen LogP contribution in [0.15, 0.2) is 33.7 Å². The van der Waals surface area contributed by atoms with Crippen molar-refractivity contribution < 1.29 is 0 Å². The van der Waals surface area contributed by atoms with Gasteiger partial charge in [0.05, 0.1) is 5.82 Å². The Morgan fingerprint density at radius 1 is 0.882 bits per heavy atom. The number of aliphatic imine (C=N–C) groups is 2. The van der Waals surface area contributed by atoms with Crippen LogP contribution in [0, 0.1) is 11.8 Å². The molecule has 0 bridgehead atoms. The predicted octanol–water partition coefficient (Wildman–Crippen LogP) is 8.56. The Balaban J connectivity index is 0.000000830. The zero-order valence-electron chi connectivity index (χ0n) is 23.5. The van der Waals surface area contributed by atoms with Gasteiger partial charge in [-0.2, -0.15) is 0 Å². The number of amidine groups is 1. The van der Waals surface area contributed by atoms with Crippen molar-refractivity contribution in [3.05, 3.63) is 23.7 Å². The minimum Gasteiger partial charge on any atom is -0.369 e. The summed E-state index contributed by atoms with van der Waals surface area (Å²) in [6, 6.07) is 0.515. The van der Waals surface area contributed by atoms with Crippen LogP contribution in [0.3, 0.4) is 0 Å². The van der Waals surface area contributed by atoms with Crippen LogP contribution in [0.2, 0.25) is 0 Å². The lowest BCUT2D eigenvalue weighted by atomic mass is 9.87. The lowest BCUT2D eigenvalue weighted by Gasteiger charge is -2.29. The summed E-state index contributed by atoms with van der Waals surface area (Å²) in [4.78, 5) is 9.43. The molecule has 34 heavy (non-hydrogen) atoms. The Labute approximate surface area is 212 Å². The van der Waals surface area contributed by atoms with Gasteiger partial charge in [0.15, 0.2) is 5.84 Å². The molecule has 4 heteroatoms. The SMILES string of the molecule is C=C(NC(=NCCCCCCCC)C(N=CC)=C(C)C)NC1CCC(C)CC1.CC1CCCC1. The summed E-state index contributed by atoms with van der Waals surface area (Å²) in [5.41, 5.74) is 2.08. The first-order valence-corrected chi connectivity index (χ1v) is 14.3. The molecule has 0 atom stereocenters. The van der Waals surface area contributed by atoms with Crippen molar-refractivity contribution in [3.63, 3.8) is 0 Å². The highest BCUT2D eigenvalue weighted by atomic mass is 15.2. The van der Waals surface area contributed by atoms with Crippen LogP contribution in [0.1, 0.15) is 131 Å². The predicted molar refractivity (Wildman–Crippen MR) is 153 cm³/mol. The quantitative estimate of drug-likeness (QED) is 0.170. The zero-order valence-corrected chi connectivity index (χ0v) is 23.5. The van der Waals surface area contributed by atoms with E-state index in [4.69, 9.17) is 4.99 Å². The van der Waals surface area contributed by atoms with Gasteiger partial charge < -0.3 is 10.6 Å². The van der Waals surface area contributed by atoms with Crippen molar-refractivity contribution in [3.8, 4) is 0 Å². The Morgan fingerprint density at radius 3 is 2.00 bits per heavy atom. The van der Waals surface area contributed by atoms with Crippen molar-refractivity contribution in [1.29, 1.82) is 0 Å². The van der Waals surface area contributed by atoms with Gasteiger partial charge in [-0.1, -0.05) is 85.1 Å². The Hall–Kier alpha value is -1.58. The van der Waals surface area contributed by atoms with E-state index in [1.807, 2.05) is 13.1 Å². The summed E-state index contributed by atoms with van der Waals surface area (Å²) in [5.74, 6) is 3.58. The van der Waals surface area contributed by atoms with E-state index >= 15 is 0 Å². The number of hydrogen-bond acceptors (Lipinski definition) is 3. The smallest absolute Gasteiger partial charge is 0.152 e. The molecule has 0 unspecified atom stereocenters. The highest BCUT2D eigenvalue weighted by Crippen LogP contribution is 2.24. The standard InChI is InChI=1S/C24H44N4.C6H12/c1-7-9-10-11-12-13-18-26-24(23(19(3)4)25-8-2)28-21(6)27-22-16-14-20(5)15-17-22;1-6-4-2-3-5-6/h8,20,22,27H,6-7,9-18H2,1-5H3,(H,26,28);6H,2-5H2,1H3. The third-order valence-electron chi connectivity index (χ3n) is 7.05. The van der Waals surface area contributed by atoms with E-state index in [1.54, 1.807) is 0 Å². The number of nitrogens with zero attached hydrogens (tertiary/aromatic N) is 2. The highest BCUT2D eigenvalue weighted by molar-refractivity contribution is 6.00. The van der Waals surface area contributed by atoms with Crippen LogP contribution < -0.4 is 10.6 Å². The van der Waals surface area contributed by atoms with E-state index in [1.165, 1.54) is 83.5 Å². The normalized spacial score (nSPS) is 21.2. The molecule has 196 valence electrons. The average Bonchev–Trinajstić information content (AvgIpc) is 3.29. The fourth-order valence-corrected chi connectivity index (χ4v) is 4.77. The van der Waals surface area contributed by atoms with Crippen molar-refractivity contribution in [2.45, 2.75) is 137 Å². The molecule has 0 aromatic carbocycles. The van der Waals surface area contributed by atoms with E-state index in [0.717, 1.165) is 47.7 Å². The second-order valence-electron chi connectivity index (χ2n) is 10.8. The largest absolute Gasteiger partial charge is 0.369 e. The summed E-state index contributed by atoms with van der Waals surface area (Å²) < 4.78 is 0. The molecule has 0 amide bonds. The van der Waals surface area contributed by atoms with Gasteiger partial charge >= 0.3 is 0 Å². The fourth-order valence-electron chi connectivity index (χ4n) is 4.77. The van der Waals surface area contributed by atoms with E-state index in [2.05, 4.69) is 56.8 Å². The first-order chi connectivity index (χ1) is 16.4. The number of allylic oxidation sites excluding steroid dienone is 1. The van der Waals surface area contributed by atoms with E-state index in [0.29, 0.717) is 6.04 Å². The molecule has 0 aromatic rings. The summed E-state index contributed by atoms with van der Waals surface area (Å²) in [7, 11) is 0. The van der Waals surface area contributed by atoms with E-state index in [-0.39, 0.29) is 0 Å². The van der Waals surface area contributed by atoms with Gasteiger partial charge in [0, 0.05) is 18.8 Å². The maximum atomic E-state index is 4.86. The van der Waals surface area contributed by atoms with E-state index in [9.17, 15) is 0 Å². The highest BCUT2D eigenvalue weighted by Gasteiger charge is 2.19. The molecule has 2 fully saturated rings. The molecule has 2 aliphatic carbocycles. The van der Waals surface area contributed by atoms with Gasteiger partial charge in [-0.15, -0.1) is 0 Å². The number of unbranched alkanes of at least 4 members (excludes halogenated alkanes) is 5. The summed E-state index contributed by atoms with van der Waals surface area (Å²) >= 11 is 0. The van der Waals surface area contributed by atoms with Crippen LogP contribution in [0.5, 0.6) is 0 Å². The van der Waals surface area contributed by atoms with Crippen molar-refractivity contribution in [2.24, 2.45) is 21.8 Å². The molecule has 2 aliphatic rings. The van der Waals surface area contributed by atoms with Crippen molar-refractivity contribution in [2.75, 3.05) is 6.54 Å². The number of rotatable bonds is 12. The van der Waals surface area contributed by atoms with Crippen LogP contribution in [-0.2, 0) is 0 Å². The molecule has 0 heterocycles. The van der Waals surface area contributed by atoms with Crippen molar-refractivity contribution in [1.82, 2.24) is 10.6 Å². The van der Waals surface area contributed by atoms with Gasteiger partial charge in [0.2, 0.25) is 0 Å². The Morgan fingerprint density at radius 2 is 1.47 bits per heavy atom. The second kappa shape index (κ2) is 18.7. The molecule has 0 spiro atoms. The summed E-state index contributed by atoms with van der Waals surface area (Å²) in [5, 5.41) is 7.00. The topological polar surface area (TPSA) is 48.8 Å². The van der Waals surface area contributed by atoms with Gasteiger partial charge in [-0.05, 0) is 70.3 Å². The summed E-state index contributed by atoms with van der Waals surface area (Å²) in [6.45, 7) is 18.1. The third-order valence-corrected chi connectivity index (χ3v) is 7.05. The Bertz CT molecular complexity index is 628. The number of nitrogens with one attached hydrogen (secondary N) is 2. The molecule has 0 aliphatic heterocycles. The molecule has 2 rings (SSSR count). The van der Waals surface area contributed by atoms with Gasteiger partial charge in [0.25, 0.3) is 0 Å². The summed E-state index contributed by atoms with van der Waals surface area (Å²) in [6.07, 6.45) is 20.5. The zero-order chi connectivity index (χ0) is 25.2. The average molecular weight is 473 g/mol. The van der Waals surface area contributed by atoms with Crippen LogP contribution in [-0.4, -0.2) is 24.6 Å². The van der Waals surface area contributed by atoms with Crippen LogP contribution in [0.25, 0.3) is 0 Å². The lowest BCUT2D eigenvalue weighted by Crippen LogP contribution is -2.39. The molecule has 0 radical (unpaired) electrons. The molecule has 2 N–H and O–H groups in total. The molecule has 4 nitrogen and oxygen atoms in total. The van der Waals surface area contributed by atoms with Crippen LogP contribution in [0.4, 0.5) is 0 Å². The van der Waals surface area contributed by atoms with Gasteiger partial charge in [-0.25, -0.2) is 0 Å². The van der Waals surface area contributed by atoms with Crippen LogP contribution >= 0.6 is 0 Å². The fraction of sp³-hybridized carbons (Fsp3) is 0.800. The van der Waals surface area contributed by atoms with Gasteiger partial charge in [-0.3, -0.25) is 9.98 Å². The Kier molecular flexibility index (Phi) is 16.8. The first-order valence-electron chi connectivity index (χ1n) is 14.3. The minimum atomic E-state index is 0.515. The maximum absolute atomic E-state index is 4.86. The third kappa shape index (κ3) is 14.0. The lowest BCUT2D eigenvalue weighted by molar-refractivity contribution is 0.319. The monoisotopic (exact) mass is 472 g/mol. The molecule has 0 aromatic heterocycles. The van der Waals surface area contributed by atoms with E-state index < -0.39 is 0 Å². The van der Waals surface area contributed by atoms with Crippen molar-refractivity contribution >= 4 is 12.1 Å². The van der Waals surface area contributed by atoms with Gasteiger partial charge in [0.1, 0.15) is 5.70 Å². The number of hydrogen-bond donors (Lipinski definition) is 2. The first kappa shape index (κ1) is 30.5. The molecular weight excluding hydrogens is 416 g/mol. The molecular formula is C30H56N4.